The minimum atomic E-state index is -4.29. The van der Waals surface area contributed by atoms with E-state index >= 15 is 0 Å². The fraction of sp³-hybridized carbons (Fsp3) is 0.857. The third kappa shape index (κ3) is 3.54. The van der Waals surface area contributed by atoms with Crippen LogP contribution in [0.2, 0.25) is 0 Å². The number of halogens is 4. The van der Waals surface area contributed by atoms with Crippen molar-refractivity contribution in [3.8, 4) is 0 Å². The van der Waals surface area contributed by atoms with Crippen LogP contribution in [0.15, 0.2) is 0 Å². The summed E-state index contributed by atoms with van der Waals surface area (Å²) in [7, 11) is 0. The first kappa shape index (κ1) is 10.8. The number of alkyl halides is 4. The van der Waals surface area contributed by atoms with Crippen molar-refractivity contribution < 1.29 is 18.0 Å². The third-order valence-corrected chi connectivity index (χ3v) is 2.25. The Morgan fingerprint density at radius 2 is 2.00 bits per heavy atom. The van der Waals surface area contributed by atoms with Crippen LogP contribution in [-0.2, 0) is 4.79 Å². The minimum Gasteiger partial charge on any atom is -0.330 e. The van der Waals surface area contributed by atoms with Gasteiger partial charge in [-0.25, -0.2) is 0 Å². The maximum absolute atomic E-state index is 12.0. The van der Waals surface area contributed by atoms with E-state index in [2.05, 4.69) is 15.9 Å². The normalized spacial score (nSPS) is 17.2. The number of nitrogens with zero attached hydrogens (tertiary/aromatic N) is 1. The lowest BCUT2D eigenvalue weighted by molar-refractivity contribution is -0.160. The molecule has 1 amide bonds. The van der Waals surface area contributed by atoms with E-state index in [0.717, 1.165) is 4.90 Å². The van der Waals surface area contributed by atoms with Crippen LogP contribution in [-0.4, -0.2) is 34.9 Å². The minimum absolute atomic E-state index is 0.0421. The first-order valence-electron chi connectivity index (χ1n) is 3.86. The van der Waals surface area contributed by atoms with Crippen LogP contribution in [0.3, 0.4) is 0 Å². The largest absolute Gasteiger partial charge is 0.406 e. The summed E-state index contributed by atoms with van der Waals surface area (Å²) in [6, 6.07) is -0.188. The van der Waals surface area contributed by atoms with Crippen LogP contribution in [0.5, 0.6) is 0 Å². The van der Waals surface area contributed by atoms with Crippen LogP contribution in [0.1, 0.15) is 12.8 Å². The molecule has 1 fully saturated rings. The molecule has 0 aliphatic heterocycles. The summed E-state index contributed by atoms with van der Waals surface area (Å²) in [4.78, 5) is 11.9. The molecule has 0 atom stereocenters. The van der Waals surface area contributed by atoms with Gasteiger partial charge in [0.05, 0.1) is 5.33 Å². The molecule has 76 valence electrons. The zero-order valence-electron chi connectivity index (χ0n) is 6.77. The molecule has 0 N–H and O–H groups in total. The molecule has 0 bridgehead atoms. The smallest absolute Gasteiger partial charge is 0.330 e. The van der Waals surface area contributed by atoms with Crippen LogP contribution in [0.4, 0.5) is 13.2 Å². The Labute approximate surface area is 82.2 Å². The van der Waals surface area contributed by atoms with Gasteiger partial charge in [0.15, 0.2) is 0 Å². The fourth-order valence-electron chi connectivity index (χ4n) is 1.08. The Kier molecular flexibility index (Phi) is 3.21. The average Bonchev–Trinajstić information content (AvgIpc) is 2.79. The standard InChI is InChI=1S/C7H9BrF3NO/c8-3-6(13)12(5-1-2-5)4-7(9,10)11/h5H,1-4H2. The van der Waals surface area contributed by atoms with E-state index < -0.39 is 18.6 Å². The van der Waals surface area contributed by atoms with Crippen molar-refractivity contribution in [2.45, 2.75) is 25.1 Å². The van der Waals surface area contributed by atoms with Crippen molar-refractivity contribution in [1.29, 1.82) is 0 Å². The molecule has 0 aromatic heterocycles. The maximum atomic E-state index is 12.0. The molecule has 1 rings (SSSR count). The highest BCUT2D eigenvalue weighted by Gasteiger charge is 2.39. The van der Waals surface area contributed by atoms with Gasteiger partial charge in [0.25, 0.3) is 0 Å². The molecule has 6 heteroatoms. The van der Waals surface area contributed by atoms with Crippen LogP contribution < -0.4 is 0 Å². The summed E-state index contributed by atoms with van der Waals surface area (Å²) in [5, 5.41) is -0.0421. The molecule has 1 saturated carbocycles. The van der Waals surface area contributed by atoms with Gasteiger partial charge in [0, 0.05) is 6.04 Å². The maximum Gasteiger partial charge on any atom is 0.406 e. The van der Waals surface area contributed by atoms with Crippen molar-refractivity contribution in [3.63, 3.8) is 0 Å². The summed E-state index contributed by atoms with van der Waals surface area (Å²) in [6.07, 6.45) is -2.91. The van der Waals surface area contributed by atoms with Crippen molar-refractivity contribution in [1.82, 2.24) is 4.90 Å². The molecule has 0 heterocycles. The molecule has 13 heavy (non-hydrogen) atoms. The lowest BCUT2D eigenvalue weighted by atomic mass is 10.4. The Balaban J connectivity index is 2.52. The average molecular weight is 260 g/mol. The summed E-state index contributed by atoms with van der Waals surface area (Å²) in [5.74, 6) is -0.486. The SMILES string of the molecule is O=C(CBr)N(CC(F)(F)F)C1CC1. The molecular formula is C7H9BrF3NO. The molecule has 0 radical (unpaired) electrons. The number of amides is 1. The van der Waals surface area contributed by atoms with Gasteiger partial charge in [-0.2, -0.15) is 13.2 Å². The lowest BCUT2D eigenvalue weighted by Crippen LogP contribution is -2.41. The van der Waals surface area contributed by atoms with Gasteiger partial charge in [-0.05, 0) is 12.8 Å². The van der Waals surface area contributed by atoms with E-state index in [4.69, 9.17) is 0 Å². The second kappa shape index (κ2) is 3.86. The van der Waals surface area contributed by atoms with Gasteiger partial charge in [0.1, 0.15) is 6.54 Å². The molecule has 1 aliphatic rings. The summed E-state index contributed by atoms with van der Waals surface area (Å²) >= 11 is 2.86. The first-order chi connectivity index (χ1) is 5.94. The van der Waals surface area contributed by atoms with E-state index in [9.17, 15) is 18.0 Å². The number of rotatable bonds is 3. The molecule has 2 nitrogen and oxygen atoms in total. The highest BCUT2D eigenvalue weighted by Crippen LogP contribution is 2.30. The van der Waals surface area contributed by atoms with Gasteiger partial charge in [-0.1, -0.05) is 15.9 Å². The van der Waals surface area contributed by atoms with Crippen molar-refractivity contribution in [2.24, 2.45) is 0 Å². The Morgan fingerprint density at radius 3 is 2.31 bits per heavy atom. The predicted octanol–water partition coefficient (Wildman–Crippen LogP) is 1.93. The summed E-state index contributed by atoms with van der Waals surface area (Å²) in [6.45, 7) is -1.12. The van der Waals surface area contributed by atoms with E-state index in [-0.39, 0.29) is 11.4 Å². The molecule has 1 aliphatic carbocycles. The van der Waals surface area contributed by atoms with Gasteiger partial charge >= 0.3 is 6.18 Å². The second-order valence-corrected chi connectivity index (χ2v) is 3.56. The number of hydrogen-bond acceptors (Lipinski definition) is 1. The predicted molar refractivity (Wildman–Crippen MR) is 44.6 cm³/mol. The van der Waals surface area contributed by atoms with Crippen molar-refractivity contribution in [3.05, 3.63) is 0 Å². The molecule has 0 unspecified atom stereocenters. The zero-order valence-corrected chi connectivity index (χ0v) is 8.36. The van der Waals surface area contributed by atoms with E-state index in [1.54, 1.807) is 0 Å². The quantitative estimate of drug-likeness (QED) is 0.710. The van der Waals surface area contributed by atoms with E-state index in [1.165, 1.54) is 0 Å². The molecule has 0 aromatic rings. The van der Waals surface area contributed by atoms with Crippen LogP contribution >= 0.6 is 15.9 Å². The highest BCUT2D eigenvalue weighted by atomic mass is 79.9. The Morgan fingerprint density at radius 1 is 1.46 bits per heavy atom. The van der Waals surface area contributed by atoms with Gasteiger partial charge < -0.3 is 4.90 Å². The van der Waals surface area contributed by atoms with Crippen LogP contribution in [0, 0.1) is 0 Å². The van der Waals surface area contributed by atoms with Gasteiger partial charge in [-0.15, -0.1) is 0 Å². The Bertz CT molecular complexity index is 202. The van der Waals surface area contributed by atoms with E-state index in [0.29, 0.717) is 12.8 Å². The first-order valence-corrected chi connectivity index (χ1v) is 4.98. The number of hydrogen-bond donors (Lipinski definition) is 0. The monoisotopic (exact) mass is 259 g/mol. The fourth-order valence-corrected chi connectivity index (χ4v) is 1.40. The zero-order chi connectivity index (χ0) is 10.1. The molecule has 0 saturated heterocycles. The third-order valence-electron chi connectivity index (χ3n) is 1.77. The second-order valence-electron chi connectivity index (χ2n) is 3.00. The van der Waals surface area contributed by atoms with E-state index in [1.807, 2.05) is 0 Å². The number of carbonyl (C=O) groups excluding carboxylic acids is 1. The van der Waals surface area contributed by atoms with Crippen LogP contribution in [0.25, 0.3) is 0 Å². The lowest BCUT2D eigenvalue weighted by Gasteiger charge is -2.22. The molecule has 0 spiro atoms. The van der Waals surface area contributed by atoms with Gasteiger partial charge in [0.2, 0.25) is 5.91 Å². The Hall–Kier alpha value is -0.260. The summed E-state index contributed by atoms with van der Waals surface area (Å²) < 4.78 is 35.9. The molecular weight excluding hydrogens is 251 g/mol. The summed E-state index contributed by atoms with van der Waals surface area (Å²) in [5.41, 5.74) is 0. The van der Waals surface area contributed by atoms with Crippen molar-refractivity contribution in [2.75, 3.05) is 11.9 Å². The van der Waals surface area contributed by atoms with Crippen molar-refractivity contribution >= 4 is 21.8 Å². The number of carbonyl (C=O) groups is 1. The topological polar surface area (TPSA) is 20.3 Å². The molecule has 0 aromatic carbocycles. The highest BCUT2D eigenvalue weighted by molar-refractivity contribution is 9.09. The van der Waals surface area contributed by atoms with Gasteiger partial charge in [-0.3, -0.25) is 4.79 Å².